The lowest BCUT2D eigenvalue weighted by atomic mass is 9.98. The van der Waals surface area contributed by atoms with Gasteiger partial charge in [0.05, 0.1) is 10.9 Å². The number of amides is 1. The maximum absolute atomic E-state index is 12.5. The van der Waals surface area contributed by atoms with E-state index >= 15 is 0 Å². The fourth-order valence-electron chi connectivity index (χ4n) is 2.26. The number of hydrogen-bond donors (Lipinski definition) is 2. The molecule has 0 heterocycles. The van der Waals surface area contributed by atoms with E-state index < -0.39 is 28.0 Å². The van der Waals surface area contributed by atoms with Crippen molar-refractivity contribution in [2.45, 2.75) is 58.0 Å². The van der Waals surface area contributed by atoms with Crippen LogP contribution in [0.3, 0.4) is 0 Å². The number of aryl methyl sites for hydroxylation is 1. The maximum Gasteiger partial charge on any atom is 0.241 e. The molecule has 1 amide bonds. The van der Waals surface area contributed by atoms with E-state index in [0.29, 0.717) is 6.29 Å². The molecule has 3 unspecified atom stereocenters. The van der Waals surface area contributed by atoms with Gasteiger partial charge in [-0.05, 0) is 30.9 Å². The van der Waals surface area contributed by atoms with Gasteiger partial charge in [0.2, 0.25) is 15.9 Å². The van der Waals surface area contributed by atoms with Crippen molar-refractivity contribution in [2.24, 2.45) is 11.8 Å². The summed E-state index contributed by atoms with van der Waals surface area (Å²) in [5.41, 5.74) is 0.944. The Kier molecular flexibility index (Phi) is 7.76. The summed E-state index contributed by atoms with van der Waals surface area (Å²) >= 11 is 0. The Hall–Kier alpha value is -1.73. The van der Waals surface area contributed by atoms with Gasteiger partial charge in [0.25, 0.3) is 0 Å². The number of aldehydes is 1. The van der Waals surface area contributed by atoms with Crippen LogP contribution in [0.25, 0.3) is 0 Å². The third-order valence-electron chi connectivity index (χ3n) is 4.28. The topological polar surface area (TPSA) is 92.3 Å². The SMILES string of the molecule is CCC(C)C(C=O)NC(=O)C(NS(=O)(=O)c1ccc(C)cc1)C(C)C. The first-order valence-electron chi connectivity index (χ1n) is 8.47. The van der Waals surface area contributed by atoms with E-state index in [4.69, 9.17) is 0 Å². The van der Waals surface area contributed by atoms with Crippen LogP contribution < -0.4 is 10.0 Å². The van der Waals surface area contributed by atoms with Crippen molar-refractivity contribution in [1.29, 1.82) is 0 Å². The van der Waals surface area contributed by atoms with Crippen LogP contribution in [0.2, 0.25) is 0 Å². The molecule has 0 fully saturated rings. The summed E-state index contributed by atoms with van der Waals surface area (Å²) < 4.78 is 27.6. The van der Waals surface area contributed by atoms with Gasteiger partial charge in [-0.3, -0.25) is 4.79 Å². The van der Waals surface area contributed by atoms with E-state index in [1.54, 1.807) is 26.0 Å². The first-order valence-corrected chi connectivity index (χ1v) is 9.95. The molecule has 2 N–H and O–H groups in total. The lowest BCUT2D eigenvalue weighted by molar-refractivity contribution is -0.126. The molecule has 0 bridgehead atoms. The van der Waals surface area contributed by atoms with Crippen LogP contribution in [0.1, 0.15) is 39.7 Å². The van der Waals surface area contributed by atoms with Crippen molar-refractivity contribution in [1.82, 2.24) is 10.0 Å². The number of rotatable bonds is 9. The molecule has 0 spiro atoms. The average molecular weight is 368 g/mol. The third kappa shape index (κ3) is 5.93. The minimum Gasteiger partial charge on any atom is -0.345 e. The predicted molar refractivity (Wildman–Crippen MR) is 97.6 cm³/mol. The largest absolute Gasteiger partial charge is 0.345 e. The van der Waals surface area contributed by atoms with Crippen LogP contribution in [0.4, 0.5) is 0 Å². The summed E-state index contributed by atoms with van der Waals surface area (Å²) in [6.07, 6.45) is 1.42. The lowest BCUT2D eigenvalue weighted by Gasteiger charge is -2.25. The summed E-state index contributed by atoms with van der Waals surface area (Å²) in [5.74, 6) is -0.796. The predicted octanol–water partition coefficient (Wildman–Crippen LogP) is 2.03. The molecule has 1 aromatic rings. The van der Waals surface area contributed by atoms with Crippen molar-refractivity contribution in [2.75, 3.05) is 0 Å². The second-order valence-corrected chi connectivity index (χ2v) is 8.43. The number of benzene rings is 1. The van der Waals surface area contributed by atoms with Gasteiger partial charge in [-0.1, -0.05) is 51.8 Å². The van der Waals surface area contributed by atoms with E-state index in [0.717, 1.165) is 12.0 Å². The molecule has 0 aliphatic rings. The molecule has 0 radical (unpaired) electrons. The van der Waals surface area contributed by atoms with E-state index in [1.807, 2.05) is 20.8 Å². The zero-order chi connectivity index (χ0) is 19.2. The van der Waals surface area contributed by atoms with Crippen molar-refractivity contribution in [3.05, 3.63) is 29.8 Å². The molecule has 25 heavy (non-hydrogen) atoms. The Bertz CT molecular complexity index is 684. The molecule has 1 aromatic carbocycles. The van der Waals surface area contributed by atoms with Gasteiger partial charge in [-0.25, -0.2) is 8.42 Å². The zero-order valence-corrected chi connectivity index (χ0v) is 16.3. The average Bonchev–Trinajstić information content (AvgIpc) is 2.56. The van der Waals surface area contributed by atoms with Crippen LogP contribution in [-0.2, 0) is 19.6 Å². The van der Waals surface area contributed by atoms with Crippen molar-refractivity contribution >= 4 is 22.2 Å². The minimum atomic E-state index is -3.83. The minimum absolute atomic E-state index is 0.0250. The molecular weight excluding hydrogens is 340 g/mol. The van der Waals surface area contributed by atoms with E-state index in [2.05, 4.69) is 10.0 Å². The number of nitrogens with one attached hydrogen (secondary N) is 2. The summed E-state index contributed by atoms with van der Waals surface area (Å²) in [6.45, 7) is 9.15. The van der Waals surface area contributed by atoms with Gasteiger partial charge in [-0.15, -0.1) is 0 Å². The van der Waals surface area contributed by atoms with Crippen molar-refractivity contribution in [3.8, 4) is 0 Å². The van der Waals surface area contributed by atoms with E-state index in [9.17, 15) is 18.0 Å². The fourth-order valence-corrected chi connectivity index (χ4v) is 3.61. The quantitative estimate of drug-likeness (QED) is 0.652. The van der Waals surface area contributed by atoms with Gasteiger partial charge >= 0.3 is 0 Å². The zero-order valence-electron chi connectivity index (χ0n) is 15.4. The summed E-state index contributed by atoms with van der Waals surface area (Å²) in [5, 5.41) is 2.65. The number of sulfonamides is 1. The molecule has 1 rings (SSSR count). The number of carbonyl (C=O) groups is 2. The first kappa shape index (κ1) is 21.3. The van der Waals surface area contributed by atoms with Crippen LogP contribution in [0.15, 0.2) is 29.2 Å². The highest BCUT2D eigenvalue weighted by Gasteiger charge is 2.30. The monoisotopic (exact) mass is 368 g/mol. The second-order valence-electron chi connectivity index (χ2n) is 6.71. The van der Waals surface area contributed by atoms with Gasteiger partial charge in [0.15, 0.2) is 0 Å². The Morgan fingerprint density at radius 1 is 1.16 bits per heavy atom. The van der Waals surface area contributed by atoms with Gasteiger partial charge in [0, 0.05) is 0 Å². The van der Waals surface area contributed by atoms with E-state index in [-0.39, 0.29) is 16.7 Å². The molecule has 0 aromatic heterocycles. The summed E-state index contributed by atoms with van der Waals surface area (Å²) in [4.78, 5) is 23.9. The number of hydrogen-bond acceptors (Lipinski definition) is 4. The van der Waals surface area contributed by atoms with Gasteiger partial charge in [-0.2, -0.15) is 4.72 Å². The molecular formula is C18H28N2O4S. The van der Waals surface area contributed by atoms with Crippen LogP contribution in [0, 0.1) is 18.8 Å². The molecule has 7 heteroatoms. The van der Waals surface area contributed by atoms with Crippen LogP contribution in [-0.4, -0.2) is 32.7 Å². The maximum atomic E-state index is 12.5. The highest BCUT2D eigenvalue weighted by atomic mass is 32.2. The molecule has 0 saturated carbocycles. The van der Waals surface area contributed by atoms with Gasteiger partial charge in [0.1, 0.15) is 12.3 Å². The number of carbonyl (C=O) groups excluding carboxylic acids is 2. The van der Waals surface area contributed by atoms with Gasteiger partial charge < -0.3 is 10.1 Å². The standard InChI is InChI=1S/C18H28N2O4S/c1-6-14(5)16(11-21)19-18(22)17(12(2)3)20-25(23,24)15-9-7-13(4)8-10-15/h7-12,14,16-17,20H,6H2,1-5H3,(H,19,22). The Balaban J connectivity index is 2.98. The highest BCUT2D eigenvalue weighted by Crippen LogP contribution is 2.14. The molecule has 0 aliphatic carbocycles. The fraction of sp³-hybridized carbons (Fsp3) is 0.556. The normalized spacial score (nSPS) is 15.4. The lowest BCUT2D eigenvalue weighted by Crippen LogP contribution is -2.53. The molecule has 0 aliphatic heterocycles. The van der Waals surface area contributed by atoms with Crippen LogP contribution >= 0.6 is 0 Å². The summed E-state index contributed by atoms with van der Waals surface area (Å²) in [7, 11) is -3.83. The molecule has 140 valence electrons. The van der Waals surface area contributed by atoms with Crippen molar-refractivity contribution in [3.63, 3.8) is 0 Å². The van der Waals surface area contributed by atoms with E-state index in [1.165, 1.54) is 12.1 Å². The second kappa shape index (κ2) is 9.10. The molecule has 3 atom stereocenters. The summed E-state index contributed by atoms with van der Waals surface area (Å²) in [6, 6.07) is 4.80. The van der Waals surface area contributed by atoms with Crippen molar-refractivity contribution < 1.29 is 18.0 Å². The third-order valence-corrected chi connectivity index (χ3v) is 5.73. The first-order chi connectivity index (χ1) is 11.6. The molecule has 0 saturated heterocycles. The Morgan fingerprint density at radius 2 is 1.72 bits per heavy atom. The highest BCUT2D eigenvalue weighted by molar-refractivity contribution is 7.89. The Labute approximate surface area is 150 Å². The Morgan fingerprint density at radius 3 is 2.16 bits per heavy atom. The molecule has 6 nitrogen and oxygen atoms in total. The smallest absolute Gasteiger partial charge is 0.241 e. The van der Waals surface area contributed by atoms with Crippen LogP contribution in [0.5, 0.6) is 0 Å².